The summed E-state index contributed by atoms with van der Waals surface area (Å²) >= 11 is 0. The Morgan fingerprint density at radius 2 is 2.19 bits per heavy atom. The molecule has 5 nitrogen and oxygen atoms in total. The van der Waals surface area contributed by atoms with Crippen molar-refractivity contribution in [3.8, 4) is 6.07 Å². The molecule has 2 rings (SSSR count). The SMILES string of the molecule is N#Cc1ccc2[nH]cc(CCCCNCCC(=O)O)c2c1. The number of hydrogen-bond acceptors (Lipinski definition) is 3. The van der Waals surface area contributed by atoms with Crippen molar-refractivity contribution in [2.24, 2.45) is 0 Å². The molecule has 1 aromatic heterocycles. The third kappa shape index (κ3) is 4.33. The molecule has 2 aromatic rings. The minimum Gasteiger partial charge on any atom is -0.481 e. The summed E-state index contributed by atoms with van der Waals surface area (Å²) in [6.07, 6.45) is 5.16. The van der Waals surface area contributed by atoms with Crippen molar-refractivity contribution in [3.05, 3.63) is 35.5 Å². The molecule has 110 valence electrons. The van der Waals surface area contributed by atoms with Gasteiger partial charge < -0.3 is 15.4 Å². The number of benzene rings is 1. The fourth-order valence-corrected chi connectivity index (χ4v) is 2.34. The Morgan fingerprint density at radius 1 is 1.33 bits per heavy atom. The van der Waals surface area contributed by atoms with Gasteiger partial charge in [-0.1, -0.05) is 0 Å². The van der Waals surface area contributed by atoms with E-state index in [1.54, 1.807) is 0 Å². The van der Waals surface area contributed by atoms with Crippen molar-refractivity contribution >= 4 is 16.9 Å². The monoisotopic (exact) mass is 285 g/mol. The molecule has 0 aliphatic carbocycles. The normalized spacial score (nSPS) is 10.6. The topological polar surface area (TPSA) is 88.9 Å². The van der Waals surface area contributed by atoms with E-state index in [1.165, 1.54) is 5.56 Å². The number of carboxylic acid groups (broad SMARTS) is 1. The number of aryl methyl sites for hydroxylation is 1. The zero-order chi connectivity index (χ0) is 15.1. The van der Waals surface area contributed by atoms with Gasteiger partial charge in [-0.05, 0) is 49.6 Å². The quantitative estimate of drug-likeness (QED) is 0.650. The largest absolute Gasteiger partial charge is 0.481 e. The Kier molecular flexibility index (Phi) is 5.35. The molecular weight excluding hydrogens is 266 g/mol. The van der Waals surface area contributed by atoms with Gasteiger partial charge in [-0.15, -0.1) is 0 Å². The third-order valence-corrected chi connectivity index (χ3v) is 3.46. The van der Waals surface area contributed by atoms with E-state index >= 15 is 0 Å². The molecule has 3 N–H and O–H groups in total. The van der Waals surface area contributed by atoms with Crippen molar-refractivity contribution in [3.63, 3.8) is 0 Å². The second-order valence-corrected chi connectivity index (χ2v) is 5.04. The number of aromatic amines is 1. The Balaban J connectivity index is 1.79. The minimum atomic E-state index is -0.769. The van der Waals surface area contributed by atoms with E-state index in [9.17, 15) is 4.79 Å². The molecule has 0 unspecified atom stereocenters. The van der Waals surface area contributed by atoms with Gasteiger partial charge >= 0.3 is 5.97 Å². The van der Waals surface area contributed by atoms with Gasteiger partial charge in [0.15, 0.2) is 0 Å². The van der Waals surface area contributed by atoms with Gasteiger partial charge in [0.05, 0.1) is 18.1 Å². The van der Waals surface area contributed by atoms with Gasteiger partial charge in [-0.3, -0.25) is 4.79 Å². The number of nitrogens with zero attached hydrogens (tertiary/aromatic N) is 1. The Bertz CT molecular complexity index is 655. The molecule has 0 fully saturated rings. The highest BCUT2D eigenvalue weighted by atomic mass is 16.4. The second kappa shape index (κ2) is 7.46. The summed E-state index contributed by atoms with van der Waals surface area (Å²) in [5.74, 6) is -0.769. The highest BCUT2D eigenvalue weighted by Gasteiger charge is 2.04. The van der Waals surface area contributed by atoms with Crippen LogP contribution < -0.4 is 5.32 Å². The first-order chi connectivity index (χ1) is 10.2. The number of nitriles is 1. The van der Waals surface area contributed by atoms with Crippen LogP contribution >= 0.6 is 0 Å². The summed E-state index contributed by atoms with van der Waals surface area (Å²) in [5.41, 5.74) is 2.97. The lowest BCUT2D eigenvalue weighted by Gasteiger charge is -2.03. The summed E-state index contributed by atoms with van der Waals surface area (Å²) in [7, 11) is 0. The predicted octanol–water partition coefficient (Wildman–Crippen LogP) is 2.43. The number of hydrogen-bond donors (Lipinski definition) is 3. The first-order valence-corrected chi connectivity index (χ1v) is 7.13. The molecule has 0 aliphatic heterocycles. The number of unbranched alkanes of at least 4 members (excludes halogenated alkanes) is 1. The van der Waals surface area contributed by atoms with Crippen LogP contribution in [-0.4, -0.2) is 29.1 Å². The van der Waals surface area contributed by atoms with Gasteiger partial charge in [0.25, 0.3) is 0 Å². The molecule has 0 amide bonds. The summed E-state index contributed by atoms with van der Waals surface area (Å²) < 4.78 is 0. The fraction of sp³-hybridized carbons (Fsp3) is 0.375. The minimum absolute atomic E-state index is 0.166. The summed E-state index contributed by atoms with van der Waals surface area (Å²) in [6.45, 7) is 1.35. The number of rotatable bonds is 8. The maximum atomic E-state index is 10.4. The molecule has 0 saturated carbocycles. The molecule has 1 heterocycles. The number of carboxylic acids is 1. The summed E-state index contributed by atoms with van der Waals surface area (Å²) in [6, 6.07) is 7.84. The first-order valence-electron chi connectivity index (χ1n) is 7.13. The highest BCUT2D eigenvalue weighted by molar-refractivity contribution is 5.84. The molecule has 0 saturated heterocycles. The van der Waals surface area contributed by atoms with Crippen LogP contribution in [0.15, 0.2) is 24.4 Å². The molecule has 21 heavy (non-hydrogen) atoms. The predicted molar refractivity (Wildman–Crippen MR) is 81.1 cm³/mol. The van der Waals surface area contributed by atoms with Crippen LogP contribution in [0.3, 0.4) is 0 Å². The molecule has 0 bridgehead atoms. The van der Waals surface area contributed by atoms with Crippen LogP contribution in [0.4, 0.5) is 0 Å². The number of aromatic nitrogens is 1. The average Bonchev–Trinajstić information content (AvgIpc) is 2.88. The van der Waals surface area contributed by atoms with Crippen LogP contribution in [0.2, 0.25) is 0 Å². The van der Waals surface area contributed by atoms with Gasteiger partial charge in [0, 0.05) is 23.6 Å². The first kappa shape index (κ1) is 15.1. The molecular formula is C16H19N3O2. The number of carbonyl (C=O) groups is 1. The number of nitrogens with one attached hydrogen (secondary N) is 2. The lowest BCUT2D eigenvalue weighted by atomic mass is 10.1. The summed E-state index contributed by atoms with van der Waals surface area (Å²) in [4.78, 5) is 13.6. The molecule has 0 atom stereocenters. The zero-order valence-corrected chi connectivity index (χ0v) is 11.9. The lowest BCUT2D eigenvalue weighted by Crippen LogP contribution is -2.19. The van der Waals surface area contributed by atoms with Gasteiger partial charge in [0.2, 0.25) is 0 Å². The van der Waals surface area contributed by atoms with Gasteiger partial charge in [-0.25, -0.2) is 0 Å². The van der Waals surface area contributed by atoms with Crippen molar-refractivity contribution < 1.29 is 9.90 Å². The van der Waals surface area contributed by atoms with Crippen molar-refractivity contribution in [2.45, 2.75) is 25.7 Å². The maximum Gasteiger partial charge on any atom is 0.304 e. The van der Waals surface area contributed by atoms with E-state index in [0.29, 0.717) is 12.1 Å². The standard InChI is InChI=1S/C16H19N3O2/c17-10-12-4-5-15-14(9-12)13(11-19-15)3-1-2-7-18-8-6-16(20)21/h4-5,9,11,18-19H,1-3,6-8H2,(H,20,21). The Morgan fingerprint density at radius 3 is 2.95 bits per heavy atom. The number of fused-ring (bicyclic) bond motifs is 1. The number of aliphatic carboxylic acids is 1. The van der Waals surface area contributed by atoms with Crippen molar-refractivity contribution in [2.75, 3.05) is 13.1 Å². The van der Waals surface area contributed by atoms with E-state index in [0.717, 1.165) is 36.7 Å². The van der Waals surface area contributed by atoms with Gasteiger partial charge in [-0.2, -0.15) is 5.26 Å². The second-order valence-electron chi connectivity index (χ2n) is 5.04. The molecule has 1 aromatic carbocycles. The molecule has 0 aliphatic rings. The summed E-state index contributed by atoms with van der Waals surface area (Å²) in [5, 5.41) is 21.7. The fourth-order valence-electron chi connectivity index (χ4n) is 2.34. The highest BCUT2D eigenvalue weighted by Crippen LogP contribution is 2.21. The van der Waals surface area contributed by atoms with Gasteiger partial charge in [0.1, 0.15) is 0 Å². The van der Waals surface area contributed by atoms with E-state index in [4.69, 9.17) is 10.4 Å². The van der Waals surface area contributed by atoms with E-state index in [1.807, 2.05) is 24.4 Å². The van der Waals surface area contributed by atoms with Crippen LogP contribution in [-0.2, 0) is 11.2 Å². The van der Waals surface area contributed by atoms with Crippen LogP contribution in [0, 0.1) is 11.3 Å². The number of H-pyrrole nitrogens is 1. The molecule has 5 heteroatoms. The van der Waals surface area contributed by atoms with Crippen LogP contribution in [0.5, 0.6) is 0 Å². The van der Waals surface area contributed by atoms with E-state index in [-0.39, 0.29) is 6.42 Å². The molecule has 0 radical (unpaired) electrons. The van der Waals surface area contributed by atoms with E-state index < -0.39 is 5.97 Å². The Hall–Kier alpha value is -2.32. The average molecular weight is 285 g/mol. The van der Waals surface area contributed by atoms with Crippen molar-refractivity contribution in [1.29, 1.82) is 5.26 Å². The zero-order valence-electron chi connectivity index (χ0n) is 11.9. The third-order valence-electron chi connectivity index (χ3n) is 3.46. The smallest absolute Gasteiger partial charge is 0.304 e. The maximum absolute atomic E-state index is 10.4. The van der Waals surface area contributed by atoms with Crippen LogP contribution in [0.1, 0.15) is 30.4 Å². The Labute approximate surface area is 123 Å². The van der Waals surface area contributed by atoms with Crippen molar-refractivity contribution in [1.82, 2.24) is 10.3 Å². The van der Waals surface area contributed by atoms with E-state index in [2.05, 4.69) is 16.4 Å². The lowest BCUT2D eigenvalue weighted by molar-refractivity contribution is -0.136. The van der Waals surface area contributed by atoms with Crippen LogP contribution in [0.25, 0.3) is 10.9 Å². The molecule has 0 spiro atoms.